The lowest BCUT2D eigenvalue weighted by atomic mass is 10.2. The predicted molar refractivity (Wildman–Crippen MR) is 78.0 cm³/mol. The molecule has 3 N–H and O–H groups in total. The Hall–Kier alpha value is -2.20. The van der Waals surface area contributed by atoms with Crippen molar-refractivity contribution >= 4 is 23.5 Å². The van der Waals surface area contributed by atoms with Crippen molar-refractivity contribution in [1.82, 2.24) is 0 Å². The maximum atomic E-state index is 9.92. The van der Waals surface area contributed by atoms with Gasteiger partial charge in [0.05, 0.1) is 0 Å². The van der Waals surface area contributed by atoms with E-state index in [1.165, 1.54) is 11.8 Å². The van der Waals surface area contributed by atoms with Crippen molar-refractivity contribution < 1.29 is 15.0 Å². The summed E-state index contributed by atoms with van der Waals surface area (Å²) in [6.45, 7) is 0. The zero-order valence-corrected chi connectivity index (χ0v) is 10.8. The van der Waals surface area contributed by atoms with Crippen molar-refractivity contribution in [2.24, 2.45) is 0 Å². The molecule has 0 bridgehead atoms. The van der Waals surface area contributed by atoms with E-state index in [-0.39, 0.29) is 5.76 Å². The smallest absolute Gasteiger partial charge is 0.507 e. The fourth-order valence-electron chi connectivity index (χ4n) is 1.55. The normalized spacial score (nSPS) is 11.3. The lowest BCUT2D eigenvalue weighted by Crippen LogP contribution is -1.99. The van der Waals surface area contributed by atoms with Crippen molar-refractivity contribution in [2.75, 3.05) is 0 Å². The number of carboxylic acid groups (broad SMARTS) is 1. The fourth-order valence-corrected chi connectivity index (χ4v) is 2.37. The fraction of sp³-hybridized carbons (Fsp3) is 0. The van der Waals surface area contributed by atoms with Crippen molar-refractivity contribution in [3.63, 3.8) is 0 Å². The second-order valence-corrected chi connectivity index (χ2v) is 4.72. The highest BCUT2D eigenvalue weighted by Gasteiger charge is 2.14. The average molecular weight is 273 g/mol. The van der Waals surface area contributed by atoms with Gasteiger partial charge >= 0.3 is 5.97 Å². The summed E-state index contributed by atoms with van der Waals surface area (Å²) in [5, 5.41) is 20.6. The van der Waals surface area contributed by atoms with Crippen LogP contribution in [-0.2, 0) is 0 Å². The molecular weight excluding hydrogens is 260 g/mol. The topological polar surface area (TPSA) is 61.9 Å². The molecule has 3 nitrogen and oxygen atoms in total. The highest BCUT2D eigenvalue weighted by atomic mass is 32.2. The van der Waals surface area contributed by atoms with Gasteiger partial charge in [0.25, 0.3) is 0 Å². The molecule has 0 saturated carbocycles. The molecule has 2 aromatic carbocycles. The minimum absolute atomic E-state index is 0.137. The Balaban J connectivity index is 2.21. The van der Waals surface area contributed by atoms with Gasteiger partial charge in [-0.2, -0.15) is 0 Å². The monoisotopic (exact) mass is 273 g/mol. The molecule has 96 valence electrons. The van der Waals surface area contributed by atoms with E-state index in [0.717, 1.165) is 0 Å². The van der Waals surface area contributed by atoms with E-state index >= 15 is 0 Å². The van der Waals surface area contributed by atoms with Gasteiger partial charge in [-0.3, -0.25) is 0 Å². The minimum Gasteiger partial charge on any atom is -0.507 e. The van der Waals surface area contributed by atoms with E-state index < -0.39 is 5.97 Å². The number of aliphatic hydroxyl groups excluding tert-OH is 2. The minimum atomic E-state index is -0.726. The Bertz CT molecular complexity index is 606. The third-order valence-corrected chi connectivity index (χ3v) is 3.45. The quantitative estimate of drug-likeness (QED) is 0.506. The maximum Gasteiger partial charge on any atom is 0.516 e. The second kappa shape index (κ2) is 6.11. The summed E-state index contributed by atoms with van der Waals surface area (Å²) in [6, 6.07) is 16.0. The summed E-state index contributed by atoms with van der Waals surface area (Å²) in [5.41, 5.74) is 1.05. The predicted octanol–water partition coefficient (Wildman–Crippen LogP) is 3.74. The van der Waals surface area contributed by atoms with E-state index in [9.17, 15) is 5.11 Å². The molecule has 0 saturated heterocycles. The van der Waals surface area contributed by atoms with Crippen LogP contribution < -0.4 is 0 Å². The first-order valence-electron chi connectivity index (χ1n) is 5.64. The number of aromatic carboxylic acids is 1. The van der Waals surface area contributed by atoms with Gasteiger partial charge in [0.2, 0.25) is 0 Å². The first-order chi connectivity index (χ1) is 9.18. The molecule has 0 aliphatic heterocycles. The van der Waals surface area contributed by atoms with Gasteiger partial charge in [0.15, 0.2) is 0 Å². The number of aliphatic hydroxyl groups is 1. The number of hydrogen-bond donors (Lipinski definition) is 2. The van der Waals surface area contributed by atoms with Gasteiger partial charge < -0.3 is 15.0 Å². The third kappa shape index (κ3) is 3.39. The van der Waals surface area contributed by atoms with Crippen molar-refractivity contribution in [3.8, 4) is 0 Å². The molecular formula is C15H13O3S+. The lowest BCUT2D eigenvalue weighted by molar-refractivity contribution is 0.462. The Morgan fingerprint density at radius 1 is 0.947 bits per heavy atom. The molecule has 0 heterocycles. The van der Waals surface area contributed by atoms with Gasteiger partial charge in [0, 0.05) is 15.9 Å². The molecule has 2 aromatic rings. The number of thioether (sulfide) groups is 1. The van der Waals surface area contributed by atoms with Crippen LogP contribution in [-0.4, -0.2) is 21.0 Å². The van der Waals surface area contributed by atoms with Crippen molar-refractivity contribution in [3.05, 3.63) is 71.1 Å². The molecule has 0 aromatic heterocycles. The second-order valence-electron chi connectivity index (χ2n) is 3.81. The van der Waals surface area contributed by atoms with Crippen LogP contribution in [0.2, 0.25) is 0 Å². The van der Waals surface area contributed by atoms with Gasteiger partial charge in [-0.1, -0.05) is 54.2 Å². The van der Waals surface area contributed by atoms with E-state index in [2.05, 4.69) is 0 Å². The van der Waals surface area contributed by atoms with E-state index in [1.807, 2.05) is 18.2 Å². The molecule has 0 fully saturated rings. The van der Waals surface area contributed by atoms with Crippen LogP contribution in [0.1, 0.15) is 11.1 Å². The largest absolute Gasteiger partial charge is 0.516 e. The van der Waals surface area contributed by atoms with Crippen LogP contribution in [0.3, 0.4) is 0 Å². The zero-order valence-electron chi connectivity index (χ0n) is 10.0. The maximum absolute atomic E-state index is 9.92. The van der Waals surface area contributed by atoms with Crippen LogP contribution >= 0.6 is 11.8 Å². The summed E-state index contributed by atoms with van der Waals surface area (Å²) < 4.78 is 0. The highest BCUT2D eigenvalue weighted by Crippen LogP contribution is 2.26. The molecule has 0 aliphatic rings. The molecule has 0 amide bonds. The van der Waals surface area contributed by atoms with Crippen LogP contribution in [0.5, 0.6) is 0 Å². The Labute approximate surface area is 115 Å². The van der Waals surface area contributed by atoms with Crippen LogP contribution in [0.15, 0.2) is 64.9 Å². The van der Waals surface area contributed by atoms with Crippen LogP contribution in [0.25, 0.3) is 5.76 Å². The van der Waals surface area contributed by atoms with E-state index in [0.29, 0.717) is 16.0 Å². The Morgan fingerprint density at radius 3 is 2.26 bits per heavy atom. The van der Waals surface area contributed by atoms with Gasteiger partial charge in [-0.15, -0.1) is 0 Å². The van der Waals surface area contributed by atoms with E-state index in [4.69, 9.17) is 9.90 Å². The summed E-state index contributed by atoms with van der Waals surface area (Å²) in [6.07, 6.45) is 0. The lowest BCUT2D eigenvalue weighted by Gasteiger charge is -2.01. The molecule has 4 heteroatoms. The van der Waals surface area contributed by atoms with Gasteiger partial charge in [0.1, 0.15) is 11.3 Å². The third-order valence-electron chi connectivity index (χ3n) is 2.50. The van der Waals surface area contributed by atoms with Crippen LogP contribution in [0.4, 0.5) is 0 Å². The van der Waals surface area contributed by atoms with Gasteiger partial charge in [-0.25, -0.2) is 0 Å². The molecule has 0 spiro atoms. The standard InChI is InChI=1S/C15H12O3S/c16-13(11-6-2-1-3-7-11)10-19-14-9-5-4-8-12(14)15(17)18/h1-10,16H,(H,17,18)/p+1/b13-10-. The summed E-state index contributed by atoms with van der Waals surface area (Å²) in [7, 11) is 0. The first-order valence-corrected chi connectivity index (χ1v) is 6.52. The SMILES string of the molecule is OC(=[OH+])c1ccccc1S/C=C(\O)c1ccccc1. The number of rotatable bonds is 4. The molecule has 2 rings (SSSR count). The van der Waals surface area contributed by atoms with Crippen molar-refractivity contribution in [1.29, 1.82) is 0 Å². The molecule has 0 radical (unpaired) electrons. The molecule has 0 aliphatic carbocycles. The Morgan fingerprint density at radius 2 is 1.58 bits per heavy atom. The summed E-state index contributed by atoms with van der Waals surface area (Å²) in [4.78, 5) is 9.82. The average Bonchev–Trinajstić information content (AvgIpc) is 2.46. The molecule has 0 atom stereocenters. The van der Waals surface area contributed by atoms with Gasteiger partial charge in [-0.05, 0) is 12.1 Å². The molecule has 0 unspecified atom stereocenters. The summed E-state index contributed by atoms with van der Waals surface area (Å²) >= 11 is 1.23. The number of benzene rings is 2. The molecule has 19 heavy (non-hydrogen) atoms. The highest BCUT2D eigenvalue weighted by molar-refractivity contribution is 8.02. The van der Waals surface area contributed by atoms with E-state index in [1.54, 1.807) is 41.8 Å². The first kappa shape index (κ1) is 13.2. The zero-order chi connectivity index (χ0) is 13.7. The van der Waals surface area contributed by atoms with Crippen molar-refractivity contribution in [2.45, 2.75) is 4.90 Å². The number of hydrogen-bond acceptors (Lipinski definition) is 2. The van der Waals surface area contributed by atoms with Crippen LogP contribution in [0, 0.1) is 0 Å². The summed E-state index contributed by atoms with van der Waals surface area (Å²) in [5.74, 6) is -0.589. The number of carboxylic acids is 1. The Kier molecular flexibility index (Phi) is 4.26.